The maximum Gasteiger partial charge on any atom is 0.326 e. The molecule has 0 bridgehead atoms. The fraction of sp³-hybridized carbons (Fsp3) is 0.250. The maximum absolute atomic E-state index is 11.0. The van der Waals surface area contributed by atoms with E-state index in [4.69, 9.17) is 5.11 Å². The number of carbonyl (C=O) groups is 1. The third-order valence-electron chi connectivity index (χ3n) is 2.79. The van der Waals surface area contributed by atoms with Gasteiger partial charge in [-0.15, -0.1) is 0 Å². The summed E-state index contributed by atoms with van der Waals surface area (Å²) < 4.78 is 0. The lowest BCUT2D eigenvalue weighted by Gasteiger charge is -2.23. The number of hydrogen-bond donors (Lipinski definition) is 1. The molecular formula is C12H13N3O2. The van der Waals surface area contributed by atoms with Crippen LogP contribution in [0.2, 0.25) is 0 Å². The minimum absolute atomic E-state index is 0.630. The van der Waals surface area contributed by atoms with Crippen LogP contribution in [0.1, 0.15) is 6.92 Å². The molecule has 0 aliphatic rings. The molecule has 1 unspecified atom stereocenters. The van der Waals surface area contributed by atoms with Crippen molar-refractivity contribution >= 4 is 22.7 Å². The van der Waals surface area contributed by atoms with E-state index >= 15 is 0 Å². The first-order valence-electron chi connectivity index (χ1n) is 5.26. The van der Waals surface area contributed by atoms with E-state index in [-0.39, 0.29) is 0 Å². The summed E-state index contributed by atoms with van der Waals surface area (Å²) in [6.07, 6.45) is 1.45. The van der Waals surface area contributed by atoms with Gasteiger partial charge in [0.05, 0.1) is 5.52 Å². The van der Waals surface area contributed by atoms with Gasteiger partial charge in [0.25, 0.3) is 0 Å². The fourth-order valence-corrected chi connectivity index (χ4v) is 1.62. The first-order valence-corrected chi connectivity index (χ1v) is 5.26. The van der Waals surface area contributed by atoms with Gasteiger partial charge in [0.15, 0.2) is 0 Å². The quantitative estimate of drug-likeness (QED) is 0.867. The van der Waals surface area contributed by atoms with Gasteiger partial charge in [-0.3, -0.25) is 0 Å². The number of fused-ring (bicyclic) bond motifs is 1. The van der Waals surface area contributed by atoms with E-state index in [1.54, 1.807) is 18.9 Å². The molecule has 1 atom stereocenters. The van der Waals surface area contributed by atoms with E-state index in [2.05, 4.69) is 9.97 Å². The standard InChI is InChI=1S/C12H13N3O2/c1-8(12(16)17)15(2)11-9-5-3-4-6-10(9)13-7-14-11/h3-8H,1-2H3,(H,16,17). The lowest BCUT2D eigenvalue weighted by molar-refractivity contribution is -0.138. The second-order valence-electron chi connectivity index (χ2n) is 3.84. The Hall–Kier alpha value is -2.17. The van der Waals surface area contributed by atoms with Gasteiger partial charge in [-0.2, -0.15) is 0 Å². The number of likely N-dealkylation sites (N-methyl/N-ethyl adjacent to an activating group) is 1. The summed E-state index contributed by atoms with van der Waals surface area (Å²) in [5.74, 6) is -0.249. The van der Waals surface area contributed by atoms with Gasteiger partial charge < -0.3 is 10.0 Å². The Morgan fingerprint density at radius 1 is 1.35 bits per heavy atom. The predicted molar refractivity (Wildman–Crippen MR) is 65.0 cm³/mol. The molecule has 5 heteroatoms. The molecule has 1 N–H and O–H groups in total. The van der Waals surface area contributed by atoms with E-state index in [9.17, 15) is 4.79 Å². The van der Waals surface area contributed by atoms with Crippen LogP contribution in [-0.4, -0.2) is 34.1 Å². The van der Waals surface area contributed by atoms with Gasteiger partial charge in [-0.25, -0.2) is 14.8 Å². The predicted octanol–water partition coefficient (Wildman–Crippen LogP) is 1.54. The van der Waals surface area contributed by atoms with Crippen molar-refractivity contribution in [2.45, 2.75) is 13.0 Å². The zero-order valence-corrected chi connectivity index (χ0v) is 9.66. The van der Waals surface area contributed by atoms with Crippen LogP contribution in [-0.2, 0) is 4.79 Å². The van der Waals surface area contributed by atoms with Gasteiger partial charge in [-0.05, 0) is 19.1 Å². The van der Waals surface area contributed by atoms with Crippen molar-refractivity contribution in [2.24, 2.45) is 0 Å². The van der Waals surface area contributed by atoms with Gasteiger partial charge in [0.1, 0.15) is 18.2 Å². The molecular weight excluding hydrogens is 218 g/mol. The van der Waals surface area contributed by atoms with Gasteiger partial charge in [0, 0.05) is 12.4 Å². The van der Waals surface area contributed by atoms with Crippen molar-refractivity contribution in [3.05, 3.63) is 30.6 Å². The third kappa shape index (κ3) is 2.04. The minimum atomic E-state index is -0.879. The summed E-state index contributed by atoms with van der Waals surface area (Å²) in [5, 5.41) is 9.85. The molecule has 5 nitrogen and oxygen atoms in total. The van der Waals surface area contributed by atoms with Crippen LogP contribution in [0.3, 0.4) is 0 Å². The van der Waals surface area contributed by atoms with Crippen molar-refractivity contribution in [1.29, 1.82) is 0 Å². The lowest BCUT2D eigenvalue weighted by Crippen LogP contribution is -2.36. The number of rotatable bonds is 3. The molecule has 0 spiro atoms. The van der Waals surface area contributed by atoms with Crippen molar-refractivity contribution in [3.8, 4) is 0 Å². The number of anilines is 1. The molecule has 1 heterocycles. The number of aliphatic carboxylic acids is 1. The summed E-state index contributed by atoms with van der Waals surface area (Å²) in [5.41, 5.74) is 0.807. The van der Waals surface area contributed by atoms with Gasteiger partial charge in [-0.1, -0.05) is 12.1 Å². The van der Waals surface area contributed by atoms with Crippen LogP contribution in [0.4, 0.5) is 5.82 Å². The number of carboxylic acids is 1. The van der Waals surface area contributed by atoms with E-state index in [1.165, 1.54) is 6.33 Å². The van der Waals surface area contributed by atoms with Crippen molar-refractivity contribution < 1.29 is 9.90 Å². The van der Waals surface area contributed by atoms with Crippen LogP contribution in [0.25, 0.3) is 10.9 Å². The summed E-state index contributed by atoms with van der Waals surface area (Å²) in [6.45, 7) is 1.62. The summed E-state index contributed by atoms with van der Waals surface area (Å²) in [7, 11) is 1.72. The van der Waals surface area contributed by atoms with Crippen LogP contribution in [0.15, 0.2) is 30.6 Å². The largest absolute Gasteiger partial charge is 0.480 e. The van der Waals surface area contributed by atoms with Crippen molar-refractivity contribution in [3.63, 3.8) is 0 Å². The molecule has 0 saturated heterocycles. The monoisotopic (exact) mass is 231 g/mol. The molecule has 0 aliphatic carbocycles. The summed E-state index contributed by atoms with van der Waals surface area (Å²) in [4.78, 5) is 20.9. The molecule has 88 valence electrons. The van der Waals surface area contributed by atoms with E-state index in [1.807, 2.05) is 24.3 Å². The first kappa shape index (κ1) is 11.3. The highest BCUT2D eigenvalue weighted by Crippen LogP contribution is 2.22. The Kier molecular flexibility index (Phi) is 2.91. The normalized spacial score (nSPS) is 12.4. The van der Waals surface area contributed by atoms with Crippen LogP contribution in [0.5, 0.6) is 0 Å². The third-order valence-corrected chi connectivity index (χ3v) is 2.79. The number of hydrogen-bond acceptors (Lipinski definition) is 4. The molecule has 2 aromatic rings. The molecule has 0 aliphatic heterocycles. The molecule has 2 rings (SSSR count). The smallest absolute Gasteiger partial charge is 0.326 e. The zero-order valence-electron chi connectivity index (χ0n) is 9.66. The van der Waals surface area contributed by atoms with Crippen molar-refractivity contribution in [1.82, 2.24) is 9.97 Å². The number of nitrogens with zero attached hydrogens (tertiary/aromatic N) is 3. The Morgan fingerprint density at radius 3 is 2.76 bits per heavy atom. The molecule has 1 aromatic heterocycles. The number of aromatic nitrogens is 2. The maximum atomic E-state index is 11.0. The molecule has 0 fully saturated rings. The van der Waals surface area contributed by atoms with E-state index in [0.29, 0.717) is 5.82 Å². The highest BCUT2D eigenvalue weighted by atomic mass is 16.4. The van der Waals surface area contributed by atoms with Crippen LogP contribution < -0.4 is 4.90 Å². The summed E-state index contributed by atoms with van der Waals surface area (Å²) >= 11 is 0. The topological polar surface area (TPSA) is 66.3 Å². The van der Waals surface area contributed by atoms with Crippen LogP contribution in [0, 0.1) is 0 Å². The fourth-order valence-electron chi connectivity index (χ4n) is 1.62. The second kappa shape index (κ2) is 4.37. The Balaban J connectivity index is 2.52. The SMILES string of the molecule is CC(C(=O)O)N(C)c1ncnc2ccccc12. The Labute approximate surface area is 98.7 Å². The number of para-hydroxylation sites is 1. The number of benzene rings is 1. The van der Waals surface area contributed by atoms with Crippen LogP contribution >= 0.6 is 0 Å². The minimum Gasteiger partial charge on any atom is -0.480 e. The summed E-state index contributed by atoms with van der Waals surface area (Å²) in [6, 6.07) is 6.90. The molecule has 0 radical (unpaired) electrons. The van der Waals surface area contributed by atoms with Gasteiger partial charge in [0.2, 0.25) is 0 Å². The van der Waals surface area contributed by atoms with E-state index < -0.39 is 12.0 Å². The molecule has 0 saturated carbocycles. The first-order chi connectivity index (χ1) is 8.11. The van der Waals surface area contributed by atoms with Gasteiger partial charge >= 0.3 is 5.97 Å². The zero-order chi connectivity index (χ0) is 12.4. The highest BCUT2D eigenvalue weighted by Gasteiger charge is 2.19. The Morgan fingerprint density at radius 2 is 2.06 bits per heavy atom. The average Bonchev–Trinajstić information content (AvgIpc) is 2.36. The van der Waals surface area contributed by atoms with Crippen molar-refractivity contribution in [2.75, 3.05) is 11.9 Å². The highest BCUT2D eigenvalue weighted by molar-refractivity contribution is 5.91. The number of carboxylic acid groups (broad SMARTS) is 1. The average molecular weight is 231 g/mol. The Bertz CT molecular complexity index is 551. The van der Waals surface area contributed by atoms with E-state index in [0.717, 1.165) is 10.9 Å². The molecule has 0 amide bonds. The molecule has 17 heavy (non-hydrogen) atoms. The second-order valence-corrected chi connectivity index (χ2v) is 3.84. The molecule has 1 aromatic carbocycles. The lowest BCUT2D eigenvalue weighted by atomic mass is 10.2.